The van der Waals surface area contributed by atoms with E-state index in [0.717, 1.165) is 12.8 Å². The molecule has 1 amide bonds. The molecule has 4 nitrogen and oxygen atoms in total. The first-order valence-corrected chi connectivity index (χ1v) is 7.03. The maximum atomic E-state index is 13.6. The molecule has 0 radical (unpaired) electrons. The average molecular weight is 280 g/mol. The molecular formula is C15H21FN2O2. The number of hydrogen-bond acceptors (Lipinski definition) is 3. The van der Waals surface area contributed by atoms with Crippen LogP contribution in [0, 0.1) is 5.82 Å². The minimum atomic E-state index is -0.733. The first kappa shape index (κ1) is 14.8. The standard InChI is InChI=1S/C15H21FN2O2/c1-2-18-15(14(17)19)9-5-6-11(10-15)20-13-8-4-3-7-12(13)16/h3-4,7-8,11,18H,2,5-6,9-10H2,1H3,(H2,17,19). The SMILES string of the molecule is CCNC1(C(N)=O)CCCC(Oc2ccccc2F)C1. The number of benzene rings is 1. The van der Waals surface area contributed by atoms with Crippen LogP contribution in [-0.4, -0.2) is 24.1 Å². The van der Waals surface area contributed by atoms with Crippen molar-refractivity contribution in [2.45, 2.75) is 44.2 Å². The Kier molecular flexibility index (Phi) is 4.60. The van der Waals surface area contributed by atoms with Crippen molar-refractivity contribution in [2.24, 2.45) is 5.73 Å². The molecule has 1 aromatic rings. The van der Waals surface area contributed by atoms with E-state index in [9.17, 15) is 9.18 Å². The highest BCUT2D eigenvalue weighted by Gasteiger charge is 2.41. The van der Waals surface area contributed by atoms with E-state index in [1.807, 2.05) is 6.92 Å². The molecule has 0 saturated heterocycles. The molecule has 1 aliphatic carbocycles. The third kappa shape index (κ3) is 3.10. The van der Waals surface area contributed by atoms with Crippen LogP contribution in [0.15, 0.2) is 24.3 Å². The number of nitrogens with one attached hydrogen (secondary N) is 1. The lowest BCUT2D eigenvalue weighted by molar-refractivity contribution is -0.127. The van der Waals surface area contributed by atoms with Gasteiger partial charge in [-0.1, -0.05) is 19.1 Å². The van der Waals surface area contributed by atoms with Crippen LogP contribution in [0.2, 0.25) is 0 Å². The Balaban J connectivity index is 2.10. The Labute approximate surface area is 118 Å². The molecule has 2 atom stereocenters. The van der Waals surface area contributed by atoms with Gasteiger partial charge in [-0.2, -0.15) is 0 Å². The molecule has 1 aliphatic rings. The van der Waals surface area contributed by atoms with Crippen LogP contribution in [0.1, 0.15) is 32.6 Å². The summed E-state index contributed by atoms with van der Waals surface area (Å²) in [5, 5.41) is 3.18. The van der Waals surface area contributed by atoms with Crippen molar-refractivity contribution in [1.29, 1.82) is 0 Å². The smallest absolute Gasteiger partial charge is 0.237 e. The number of amides is 1. The zero-order valence-electron chi connectivity index (χ0n) is 11.7. The van der Waals surface area contributed by atoms with Gasteiger partial charge in [0.15, 0.2) is 11.6 Å². The van der Waals surface area contributed by atoms with E-state index in [0.29, 0.717) is 19.4 Å². The second kappa shape index (κ2) is 6.22. The fourth-order valence-electron chi connectivity index (χ4n) is 2.85. The van der Waals surface area contributed by atoms with Gasteiger partial charge in [0.2, 0.25) is 5.91 Å². The molecule has 20 heavy (non-hydrogen) atoms. The van der Waals surface area contributed by atoms with Crippen molar-refractivity contribution < 1.29 is 13.9 Å². The van der Waals surface area contributed by atoms with E-state index in [4.69, 9.17) is 10.5 Å². The van der Waals surface area contributed by atoms with Gasteiger partial charge in [0.25, 0.3) is 0 Å². The van der Waals surface area contributed by atoms with Gasteiger partial charge in [-0.15, -0.1) is 0 Å². The Bertz CT molecular complexity index is 477. The summed E-state index contributed by atoms with van der Waals surface area (Å²) in [6, 6.07) is 6.31. The van der Waals surface area contributed by atoms with E-state index in [1.165, 1.54) is 6.07 Å². The maximum Gasteiger partial charge on any atom is 0.237 e. The van der Waals surface area contributed by atoms with E-state index >= 15 is 0 Å². The van der Waals surface area contributed by atoms with Crippen LogP contribution >= 0.6 is 0 Å². The molecule has 1 saturated carbocycles. The quantitative estimate of drug-likeness (QED) is 0.867. The summed E-state index contributed by atoms with van der Waals surface area (Å²) in [5.41, 5.74) is 4.81. The summed E-state index contributed by atoms with van der Waals surface area (Å²) in [6.07, 6.45) is 2.61. The molecule has 110 valence electrons. The molecule has 0 aliphatic heterocycles. The Morgan fingerprint density at radius 3 is 2.95 bits per heavy atom. The lowest BCUT2D eigenvalue weighted by Gasteiger charge is -2.39. The first-order valence-electron chi connectivity index (χ1n) is 7.03. The number of rotatable bonds is 5. The fourth-order valence-corrected chi connectivity index (χ4v) is 2.85. The van der Waals surface area contributed by atoms with Crippen LogP contribution in [0.3, 0.4) is 0 Å². The molecule has 3 N–H and O–H groups in total. The predicted octanol–water partition coefficient (Wildman–Crippen LogP) is 1.98. The lowest BCUT2D eigenvalue weighted by Crippen LogP contribution is -2.59. The summed E-state index contributed by atoms with van der Waals surface area (Å²) >= 11 is 0. The summed E-state index contributed by atoms with van der Waals surface area (Å²) < 4.78 is 19.3. The summed E-state index contributed by atoms with van der Waals surface area (Å²) in [4.78, 5) is 11.8. The molecule has 0 spiro atoms. The summed E-state index contributed by atoms with van der Waals surface area (Å²) in [5.74, 6) is -0.512. The van der Waals surface area contributed by atoms with E-state index in [-0.39, 0.29) is 23.6 Å². The van der Waals surface area contributed by atoms with Crippen molar-refractivity contribution in [2.75, 3.05) is 6.54 Å². The number of nitrogens with two attached hydrogens (primary N) is 1. The van der Waals surface area contributed by atoms with Gasteiger partial charge in [-0.25, -0.2) is 4.39 Å². The zero-order valence-corrected chi connectivity index (χ0v) is 11.7. The predicted molar refractivity (Wildman–Crippen MR) is 74.9 cm³/mol. The number of carbonyl (C=O) groups excluding carboxylic acids is 1. The van der Waals surface area contributed by atoms with Crippen molar-refractivity contribution in [3.63, 3.8) is 0 Å². The average Bonchev–Trinajstić information content (AvgIpc) is 2.42. The highest BCUT2D eigenvalue weighted by atomic mass is 19.1. The Hall–Kier alpha value is -1.62. The van der Waals surface area contributed by atoms with Gasteiger partial charge in [0.05, 0.1) is 0 Å². The second-order valence-electron chi connectivity index (χ2n) is 5.24. The van der Waals surface area contributed by atoms with Gasteiger partial charge < -0.3 is 15.8 Å². The fraction of sp³-hybridized carbons (Fsp3) is 0.533. The summed E-state index contributed by atoms with van der Waals surface area (Å²) in [6.45, 7) is 2.60. The van der Waals surface area contributed by atoms with Gasteiger partial charge >= 0.3 is 0 Å². The summed E-state index contributed by atoms with van der Waals surface area (Å²) in [7, 11) is 0. The van der Waals surface area contributed by atoms with Gasteiger partial charge in [0, 0.05) is 6.42 Å². The zero-order chi connectivity index (χ0) is 14.6. The van der Waals surface area contributed by atoms with Crippen molar-refractivity contribution in [3.05, 3.63) is 30.1 Å². The largest absolute Gasteiger partial charge is 0.487 e. The number of hydrogen-bond donors (Lipinski definition) is 2. The van der Waals surface area contributed by atoms with Crippen LogP contribution in [-0.2, 0) is 4.79 Å². The van der Waals surface area contributed by atoms with Crippen molar-refractivity contribution in [3.8, 4) is 5.75 Å². The molecule has 0 bridgehead atoms. The number of halogens is 1. The van der Waals surface area contributed by atoms with Crippen LogP contribution in [0.4, 0.5) is 4.39 Å². The highest BCUT2D eigenvalue weighted by Crippen LogP contribution is 2.31. The molecular weight excluding hydrogens is 259 g/mol. The van der Waals surface area contributed by atoms with Crippen LogP contribution in [0.5, 0.6) is 5.75 Å². The maximum absolute atomic E-state index is 13.6. The number of likely N-dealkylation sites (N-methyl/N-ethyl adjacent to an activating group) is 1. The van der Waals surface area contributed by atoms with Gasteiger partial charge in [-0.05, 0) is 37.9 Å². The van der Waals surface area contributed by atoms with Gasteiger partial charge in [0.1, 0.15) is 11.6 Å². The van der Waals surface area contributed by atoms with E-state index < -0.39 is 5.54 Å². The normalized spacial score (nSPS) is 26.2. The molecule has 0 heterocycles. The third-order valence-corrected chi connectivity index (χ3v) is 3.82. The van der Waals surface area contributed by atoms with Crippen molar-refractivity contribution in [1.82, 2.24) is 5.32 Å². The third-order valence-electron chi connectivity index (χ3n) is 3.82. The number of para-hydroxylation sites is 1. The highest BCUT2D eigenvalue weighted by molar-refractivity contribution is 5.84. The van der Waals surface area contributed by atoms with E-state index in [2.05, 4.69) is 5.32 Å². The van der Waals surface area contributed by atoms with Crippen LogP contribution in [0.25, 0.3) is 0 Å². The number of carbonyl (C=O) groups is 1. The molecule has 2 rings (SSSR count). The lowest BCUT2D eigenvalue weighted by atomic mass is 9.79. The van der Waals surface area contributed by atoms with E-state index in [1.54, 1.807) is 18.2 Å². The van der Waals surface area contributed by atoms with Crippen molar-refractivity contribution >= 4 is 5.91 Å². The number of primary amides is 1. The van der Waals surface area contributed by atoms with Gasteiger partial charge in [-0.3, -0.25) is 4.79 Å². The molecule has 1 aromatic carbocycles. The Morgan fingerprint density at radius 1 is 1.55 bits per heavy atom. The molecule has 2 unspecified atom stereocenters. The monoisotopic (exact) mass is 280 g/mol. The first-order chi connectivity index (χ1) is 9.57. The molecule has 0 aromatic heterocycles. The second-order valence-corrected chi connectivity index (χ2v) is 5.24. The number of ether oxygens (including phenoxy) is 1. The minimum Gasteiger partial charge on any atom is -0.487 e. The Morgan fingerprint density at radius 2 is 2.30 bits per heavy atom. The van der Waals surface area contributed by atoms with Crippen LogP contribution < -0.4 is 15.8 Å². The molecule has 5 heteroatoms. The minimum absolute atomic E-state index is 0.202. The topological polar surface area (TPSA) is 64.3 Å². The molecule has 1 fully saturated rings.